The smallest absolute Gasteiger partial charge is 0.167 e. The maximum atomic E-state index is 5.26. The molecular formula is C12H16N2O2. The molecule has 0 N–H and O–H groups in total. The third kappa shape index (κ3) is 2.17. The molecule has 0 bridgehead atoms. The van der Waals surface area contributed by atoms with E-state index in [1.807, 2.05) is 32.3 Å². The van der Waals surface area contributed by atoms with Crippen LogP contribution in [0.4, 0.5) is 0 Å². The Kier molecular flexibility index (Phi) is 3.10. The van der Waals surface area contributed by atoms with Crippen molar-refractivity contribution < 1.29 is 9.26 Å². The summed E-state index contributed by atoms with van der Waals surface area (Å²) in [4.78, 5) is 2.13. The van der Waals surface area contributed by atoms with Crippen LogP contribution in [0.1, 0.15) is 5.69 Å². The lowest BCUT2D eigenvalue weighted by Crippen LogP contribution is -2.15. The monoisotopic (exact) mass is 220 g/mol. The van der Waals surface area contributed by atoms with Gasteiger partial charge < -0.3 is 14.2 Å². The first-order chi connectivity index (χ1) is 7.70. The molecule has 0 aliphatic rings. The van der Waals surface area contributed by atoms with Gasteiger partial charge in [0.2, 0.25) is 0 Å². The molecule has 0 radical (unpaired) electrons. The maximum absolute atomic E-state index is 5.26. The minimum Gasteiger partial charge on any atom is -0.497 e. The summed E-state index contributed by atoms with van der Waals surface area (Å²) in [7, 11) is 5.75. The zero-order valence-corrected chi connectivity index (χ0v) is 9.86. The van der Waals surface area contributed by atoms with Crippen LogP contribution in [0, 0.1) is 0 Å². The van der Waals surface area contributed by atoms with Crippen LogP contribution in [0.5, 0.6) is 5.75 Å². The topological polar surface area (TPSA) is 38.5 Å². The number of hydrogen-bond acceptors (Lipinski definition) is 4. The first-order valence-corrected chi connectivity index (χ1v) is 5.27. The predicted octanol–water partition coefficient (Wildman–Crippen LogP) is 1.94. The number of likely N-dealkylation sites (N-methyl/N-ethyl adjacent to an activating group) is 1. The van der Waals surface area contributed by atoms with E-state index in [4.69, 9.17) is 9.26 Å². The normalized spacial score (nSPS) is 11.2. The molecule has 0 atom stereocenters. The molecule has 0 saturated carbocycles. The van der Waals surface area contributed by atoms with E-state index in [9.17, 15) is 0 Å². The minimum absolute atomic E-state index is 0.814. The second-order valence-electron chi connectivity index (χ2n) is 4.04. The summed E-state index contributed by atoms with van der Waals surface area (Å²) in [5.74, 6) is 0.835. The summed E-state index contributed by atoms with van der Waals surface area (Å²) >= 11 is 0. The van der Waals surface area contributed by atoms with Crippen LogP contribution < -0.4 is 4.74 Å². The van der Waals surface area contributed by atoms with Gasteiger partial charge in [0.15, 0.2) is 5.58 Å². The van der Waals surface area contributed by atoms with Gasteiger partial charge in [-0.05, 0) is 32.3 Å². The number of rotatable bonds is 4. The van der Waals surface area contributed by atoms with Crippen molar-refractivity contribution in [1.29, 1.82) is 0 Å². The van der Waals surface area contributed by atoms with Gasteiger partial charge in [-0.25, -0.2) is 0 Å². The van der Waals surface area contributed by atoms with Crippen LogP contribution >= 0.6 is 0 Å². The fraction of sp³-hybridized carbons (Fsp3) is 0.417. The highest BCUT2D eigenvalue weighted by molar-refractivity contribution is 5.81. The van der Waals surface area contributed by atoms with Gasteiger partial charge in [0, 0.05) is 18.4 Å². The van der Waals surface area contributed by atoms with Crippen molar-refractivity contribution >= 4 is 11.0 Å². The molecule has 1 aromatic carbocycles. The van der Waals surface area contributed by atoms with E-state index in [-0.39, 0.29) is 0 Å². The van der Waals surface area contributed by atoms with Gasteiger partial charge in [-0.15, -0.1) is 0 Å². The first kappa shape index (κ1) is 11.0. The number of fused-ring (bicyclic) bond motifs is 1. The molecule has 1 aromatic heterocycles. The molecule has 86 valence electrons. The third-order valence-corrected chi connectivity index (χ3v) is 2.55. The predicted molar refractivity (Wildman–Crippen MR) is 62.8 cm³/mol. The van der Waals surface area contributed by atoms with Crippen molar-refractivity contribution in [1.82, 2.24) is 10.1 Å². The molecule has 0 unspecified atom stereocenters. The number of hydrogen-bond donors (Lipinski definition) is 0. The van der Waals surface area contributed by atoms with Crippen LogP contribution in [0.25, 0.3) is 11.0 Å². The average Bonchev–Trinajstić information content (AvgIpc) is 2.68. The summed E-state index contributed by atoms with van der Waals surface area (Å²) in [6.07, 6.45) is 0.882. The van der Waals surface area contributed by atoms with E-state index < -0.39 is 0 Å². The average molecular weight is 220 g/mol. The van der Waals surface area contributed by atoms with Crippen molar-refractivity contribution in [3.63, 3.8) is 0 Å². The van der Waals surface area contributed by atoms with E-state index in [1.54, 1.807) is 7.11 Å². The van der Waals surface area contributed by atoms with Gasteiger partial charge >= 0.3 is 0 Å². The van der Waals surface area contributed by atoms with Gasteiger partial charge in [-0.2, -0.15) is 0 Å². The summed E-state index contributed by atoms with van der Waals surface area (Å²) in [6.45, 7) is 0.957. The summed E-state index contributed by atoms with van der Waals surface area (Å²) in [5, 5.41) is 5.13. The van der Waals surface area contributed by atoms with E-state index >= 15 is 0 Å². The van der Waals surface area contributed by atoms with Gasteiger partial charge in [0.25, 0.3) is 0 Å². The molecule has 4 nitrogen and oxygen atoms in total. The number of nitrogens with zero attached hydrogens (tertiary/aromatic N) is 2. The molecule has 16 heavy (non-hydrogen) atoms. The van der Waals surface area contributed by atoms with Crippen LogP contribution in [-0.4, -0.2) is 37.8 Å². The van der Waals surface area contributed by atoms with E-state index in [2.05, 4.69) is 10.1 Å². The fourth-order valence-corrected chi connectivity index (χ4v) is 1.60. The Morgan fingerprint density at radius 3 is 2.88 bits per heavy atom. The highest BCUT2D eigenvalue weighted by atomic mass is 16.5. The Labute approximate surface area is 94.8 Å². The molecule has 0 amide bonds. The van der Waals surface area contributed by atoms with Crippen LogP contribution in [0.2, 0.25) is 0 Å². The molecule has 2 aromatic rings. The molecule has 0 saturated heterocycles. The number of benzene rings is 1. The zero-order chi connectivity index (χ0) is 11.5. The maximum Gasteiger partial charge on any atom is 0.167 e. The minimum atomic E-state index is 0.814. The lowest BCUT2D eigenvalue weighted by atomic mass is 10.1. The molecule has 1 heterocycles. The van der Waals surface area contributed by atoms with E-state index in [0.717, 1.165) is 35.4 Å². The van der Waals surface area contributed by atoms with Gasteiger partial charge in [0.05, 0.1) is 12.8 Å². The second-order valence-corrected chi connectivity index (χ2v) is 4.04. The lowest BCUT2D eigenvalue weighted by Gasteiger charge is -2.06. The molecule has 0 spiro atoms. The Morgan fingerprint density at radius 2 is 2.19 bits per heavy atom. The lowest BCUT2D eigenvalue weighted by molar-refractivity contribution is 0.398. The molecule has 0 aliphatic carbocycles. The Hall–Kier alpha value is -1.55. The standard InChI is InChI=1S/C12H16N2O2/c1-14(2)7-6-11-10-8-9(15-3)4-5-12(10)16-13-11/h4-5,8H,6-7H2,1-3H3. The second kappa shape index (κ2) is 4.53. The van der Waals surface area contributed by atoms with Gasteiger partial charge in [-0.3, -0.25) is 0 Å². The first-order valence-electron chi connectivity index (χ1n) is 5.27. The molecular weight excluding hydrogens is 204 g/mol. The van der Waals surface area contributed by atoms with Crippen molar-refractivity contribution in [2.45, 2.75) is 6.42 Å². The van der Waals surface area contributed by atoms with Crippen LogP contribution in [0.3, 0.4) is 0 Å². The Morgan fingerprint density at radius 1 is 1.38 bits per heavy atom. The quantitative estimate of drug-likeness (QED) is 0.789. The number of aromatic nitrogens is 1. The molecule has 4 heteroatoms. The van der Waals surface area contributed by atoms with Crippen LogP contribution in [-0.2, 0) is 6.42 Å². The zero-order valence-electron chi connectivity index (χ0n) is 9.86. The van der Waals surface area contributed by atoms with Crippen molar-refractivity contribution in [2.75, 3.05) is 27.7 Å². The Balaban J connectivity index is 2.30. The molecule has 2 rings (SSSR count). The van der Waals surface area contributed by atoms with Gasteiger partial charge in [0.1, 0.15) is 5.75 Å². The van der Waals surface area contributed by atoms with Crippen molar-refractivity contribution in [2.24, 2.45) is 0 Å². The summed E-state index contributed by atoms with van der Waals surface area (Å²) in [5.41, 5.74) is 1.80. The number of ether oxygens (including phenoxy) is 1. The fourth-order valence-electron chi connectivity index (χ4n) is 1.60. The van der Waals surface area contributed by atoms with Crippen molar-refractivity contribution in [3.05, 3.63) is 23.9 Å². The summed E-state index contributed by atoms with van der Waals surface area (Å²) in [6, 6.07) is 5.74. The Bertz CT molecular complexity index is 477. The third-order valence-electron chi connectivity index (χ3n) is 2.55. The summed E-state index contributed by atoms with van der Waals surface area (Å²) < 4.78 is 10.4. The highest BCUT2D eigenvalue weighted by Crippen LogP contribution is 2.23. The largest absolute Gasteiger partial charge is 0.497 e. The molecule has 0 fully saturated rings. The van der Waals surface area contributed by atoms with E-state index in [0.29, 0.717) is 0 Å². The highest BCUT2D eigenvalue weighted by Gasteiger charge is 2.09. The van der Waals surface area contributed by atoms with Crippen molar-refractivity contribution in [3.8, 4) is 5.75 Å². The molecule has 0 aliphatic heterocycles. The van der Waals surface area contributed by atoms with Crippen LogP contribution in [0.15, 0.2) is 22.7 Å². The SMILES string of the molecule is COc1ccc2onc(CCN(C)C)c2c1. The van der Waals surface area contributed by atoms with E-state index in [1.165, 1.54) is 0 Å². The van der Waals surface area contributed by atoms with Gasteiger partial charge in [-0.1, -0.05) is 5.16 Å². The number of methoxy groups -OCH3 is 1.